The molecule has 0 bridgehead atoms. The van der Waals surface area contributed by atoms with Gasteiger partial charge in [-0.15, -0.1) is 0 Å². The van der Waals surface area contributed by atoms with Gasteiger partial charge >= 0.3 is 0 Å². The Bertz CT molecular complexity index is 2130. The Morgan fingerprint density at radius 2 is 1.76 bits per heavy atom. The zero-order valence-electron chi connectivity index (χ0n) is 34.0. The van der Waals surface area contributed by atoms with Gasteiger partial charge in [0.1, 0.15) is 29.8 Å². The van der Waals surface area contributed by atoms with Gasteiger partial charge in [0.15, 0.2) is 11.6 Å². The number of halogens is 2. The second-order valence-corrected chi connectivity index (χ2v) is 17.5. The van der Waals surface area contributed by atoms with Crippen molar-refractivity contribution < 1.29 is 33.0 Å². The molecule has 3 aliphatic heterocycles. The molecule has 2 N–H and O–H groups in total. The molecule has 1 unspecified atom stereocenters. The van der Waals surface area contributed by atoms with Crippen LogP contribution in [-0.4, -0.2) is 95.9 Å². The molecule has 312 valence electrons. The first-order chi connectivity index (χ1) is 28.2. The first-order valence-electron chi connectivity index (χ1n) is 20.4. The summed E-state index contributed by atoms with van der Waals surface area (Å²) in [7, 11) is 0. The van der Waals surface area contributed by atoms with Crippen molar-refractivity contribution in [1.82, 2.24) is 25.4 Å². The molecule has 3 aromatic rings. The highest BCUT2D eigenvalue weighted by atomic mass is 35.5. The van der Waals surface area contributed by atoms with Crippen molar-refractivity contribution in [2.24, 2.45) is 10.8 Å². The molecule has 0 radical (unpaired) electrons. The quantitative estimate of drug-likeness (QED) is 0.149. The number of fused-ring (bicyclic) bond motifs is 1. The van der Waals surface area contributed by atoms with Gasteiger partial charge in [0.05, 0.1) is 22.8 Å². The average Bonchev–Trinajstić information content (AvgIpc) is 3.52. The van der Waals surface area contributed by atoms with E-state index in [0.29, 0.717) is 34.1 Å². The van der Waals surface area contributed by atoms with Crippen LogP contribution in [0.4, 0.5) is 10.2 Å². The first kappa shape index (κ1) is 41.9. The molecular formula is C44H51ClFN7O6. The van der Waals surface area contributed by atoms with Crippen molar-refractivity contribution in [1.29, 1.82) is 5.26 Å². The van der Waals surface area contributed by atoms with E-state index in [2.05, 4.69) is 59.2 Å². The highest BCUT2D eigenvalue weighted by molar-refractivity contribution is 6.31. The molecule has 3 fully saturated rings. The number of hydrogen-bond donors (Lipinski definition) is 2. The monoisotopic (exact) mass is 827 g/mol. The molecule has 1 atom stereocenters. The third-order valence-corrected chi connectivity index (χ3v) is 12.7. The topological polar surface area (TPSA) is 157 Å². The number of amides is 4. The van der Waals surface area contributed by atoms with E-state index in [4.69, 9.17) is 21.1 Å². The number of benzene rings is 2. The number of unbranched alkanes of at least 4 members (excludes halogenated alkanes) is 3. The summed E-state index contributed by atoms with van der Waals surface area (Å²) in [6, 6.07) is 12.7. The second kappa shape index (κ2) is 17.1. The van der Waals surface area contributed by atoms with Gasteiger partial charge in [-0.1, -0.05) is 52.1 Å². The van der Waals surface area contributed by atoms with Crippen LogP contribution >= 0.6 is 11.6 Å². The lowest BCUT2D eigenvalue weighted by Gasteiger charge is -2.63. The number of imide groups is 1. The van der Waals surface area contributed by atoms with E-state index < -0.39 is 23.7 Å². The van der Waals surface area contributed by atoms with Gasteiger partial charge in [-0.05, 0) is 67.8 Å². The summed E-state index contributed by atoms with van der Waals surface area (Å²) < 4.78 is 27.0. The summed E-state index contributed by atoms with van der Waals surface area (Å²) in [6.45, 7) is 13.3. The number of piperazine rings is 1. The van der Waals surface area contributed by atoms with E-state index in [-0.39, 0.29) is 65.5 Å². The lowest BCUT2D eigenvalue weighted by Crippen LogP contribution is -2.74. The number of nitriles is 1. The van der Waals surface area contributed by atoms with Crippen molar-refractivity contribution in [3.8, 4) is 17.6 Å². The summed E-state index contributed by atoms with van der Waals surface area (Å²) >= 11 is 6.24. The Kier molecular flexibility index (Phi) is 12.2. The Morgan fingerprint density at radius 1 is 1.02 bits per heavy atom. The molecule has 59 heavy (non-hydrogen) atoms. The van der Waals surface area contributed by atoms with Gasteiger partial charge in [0.2, 0.25) is 11.8 Å². The van der Waals surface area contributed by atoms with E-state index in [1.807, 2.05) is 12.1 Å². The van der Waals surface area contributed by atoms with E-state index >= 15 is 0 Å². The number of carbonyl (C=O) groups excluding carboxylic acids is 4. The molecule has 4 aliphatic rings. The van der Waals surface area contributed by atoms with Gasteiger partial charge in [-0.3, -0.25) is 29.4 Å². The van der Waals surface area contributed by atoms with E-state index in [1.54, 1.807) is 30.5 Å². The van der Waals surface area contributed by atoms with Gasteiger partial charge in [-0.25, -0.2) is 9.37 Å². The molecule has 4 amide bonds. The SMILES string of the molecule is CC1(C)[C@H](NC(=O)c2ccc(N3CCN(CCCCCCOc4cc5c(cc4F)C(=O)N(C4CCC(=O)NC4=O)C5)CC3)nc2)C(C)(C)[C@H]1Oc1ccc(C#N)c(Cl)c1. The number of ether oxygens (including phenoxy) is 2. The molecule has 2 aromatic carbocycles. The predicted molar refractivity (Wildman–Crippen MR) is 219 cm³/mol. The maximum Gasteiger partial charge on any atom is 0.255 e. The maximum absolute atomic E-state index is 14.9. The van der Waals surface area contributed by atoms with E-state index in [9.17, 15) is 28.8 Å². The normalized spacial score (nSPS) is 22.3. The van der Waals surface area contributed by atoms with Crippen LogP contribution in [0.2, 0.25) is 5.02 Å². The van der Waals surface area contributed by atoms with Crippen molar-refractivity contribution in [3.63, 3.8) is 0 Å². The predicted octanol–water partition coefficient (Wildman–Crippen LogP) is 5.88. The number of hydrogen-bond acceptors (Lipinski definition) is 10. The third-order valence-electron chi connectivity index (χ3n) is 12.3. The Balaban J connectivity index is 0.791. The molecule has 1 aliphatic carbocycles. The summed E-state index contributed by atoms with van der Waals surface area (Å²) in [4.78, 5) is 60.9. The van der Waals surface area contributed by atoms with Crippen LogP contribution in [-0.2, 0) is 16.1 Å². The lowest BCUT2D eigenvalue weighted by molar-refractivity contribution is -0.164. The molecule has 7 rings (SSSR count). The van der Waals surface area contributed by atoms with Crippen LogP contribution < -0.4 is 25.0 Å². The number of nitrogens with one attached hydrogen (secondary N) is 2. The molecule has 1 aromatic heterocycles. The second-order valence-electron chi connectivity index (χ2n) is 17.1. The summed E-state index contributed by atoms with van der Waals surface area (Å²) in [5.41, 5.74) is 0.983. The number of aromatic nitrogens is 1. The zero-order chi connectivity index (χ0) is 42.1. The van der Waals surface area contributed by atoms with E-state index in [1.165, 1.54) is 11.0 Å². The Morgan fingerprint density at radius 3 is 2.44 bits per heavy atom. The highest BCUT2D eigenvalue weighted by Crippen LogP contribution is 2.55. The molecule has 1 saturated carbocycles. The molecule has 13 nitrogen and oxygen atoms in total. The fourth-order valence-corrected chi connectivity index (χ4v) is 9.58. The number of piperidine rings is 1. The van der Waals surface area contributed by atoms with Crippen molar-refractivity contribution >= 4 is 41.0 Å². The molecular weight excluding hydrogens is 777 g/mol. The maximum atomic E-state index is 14.9. The van der Waals surface area contributed by atoms with E-state index in [0.717, 1.165) is 64.2 Å². The zero-order valence-corrected chi connectivity index (χ0v) is 34.7. The lowest BCUT2D eigenvalue weighted by atomic mass is 9.49. The molecule has 0 spiro atoms. The van der Waals surface area contributed by atoms with Gasteiger partial charge in [-0.2, -0.15) is 5.26 Å². The number of pyridine rings is 1. The van der Waals surface area contributed by atoms with Crippen molar-refractivity contribution in [2.45, 2.75) is 91.0 Å². The molecule has 15 heteroatoms. The number of carbonyl (C=O) groups is 4. The highest BCUT2D eigenvalue weighted by Gasteiger charge is 2.64. The van der Waals surface area contributed by atoms with Crippen LogP contribution in [0, 0.1) is 28.0 Å². The Labute approximate surface area is 349 Å². The minimum atomic E-state index is -0.749. The Hall–Kier alpha value is -5.26. The smallest absolute Gasteiger partial charge is 0.255 e. The fraction of sp³-hybridized carbons (Fsp3) is 0.500. The molecule has 2 saturated heterocycles. The van der Waals surface area contributed by atoms with Crippen LogP contribution in [0.3, 0.4) is 0 Å². The molecule has 4 heterocycles. The standard InChI is InChI=1S/C44H51ClFN7O6/c1-43(2)41(44(3,4)42(43)59-30-11-9-27(24-47)32(45)22-30)50-38(55)28-10-13-36(48-25-28)52-18-16-51(17-19-52)15-7-5-6-8-20-58-35-21-29-26-53(40(57)31(29)23-33(35)46)34-12-14-37(54)49-39(34)56/h9-11,13,21-23,25,34,41-42H,5-8,12,14-20,26H2,1-4H3,(H,50,55)(H,49,54,56)/t34?,41-,42-. The van der Waals surface area contributed by atoms with Crippen molar-refractivity contribution in [2.75, 3.05) is 44.2 Å². The average molecular weight is 828 g/mol. The van der Waals surface area contributed by atoms with Crippen molar-refractivity contribution in [3.05, 3.63) is 81.8 Å². The number of anilines is 1. The van der Waals surface area contributed by atoms with Crippen LogP contribution in [0.15, 0.2) is 48.7 Å². The van der Waals surface area contributed by atoms with Gasteiger partial charge in [0, 0.05) is 73.8 Å². The van der Waals surface area contributed by atoms with Gasteiger partial charge < -0.3 is 24.6 Å². The minimum Gasteiger partial charge on any atom is -0.491 e. The van der Waals surface area contributed by atoms with Crippen LogP contribution in [0.1, 0.15) is 98.1 Å². The number of rotatable bonds is 14. The third kappa shape index (κ3) is 8.73. The summed E-state index contributed by atoms with van der Waals surface area (Å²) in [5, 5.41) is 15.0. The van der Waals surface area contributed by atoms with Crippen LogP contribution in [0.25, 0.3) is 0 Å². The first-order valence-corrected chi connectivity index (χ1v) is 20.8. The van der Waals surface area contributed by atoms with Crippen LogP contribution in [0.5, 0.6) is 11.5 Å². The fourth-order valence-electron chi connectivity index (χ4n) is 9.37. The minimum absolute atomic E-state index is 0.0991. The summed E-state index contributed by atoms with van der Waals surface area (Å²) in [5.74, 6) is -0.526. The van der Waals surface area contributed by atoms with Gasteiger partial charge in [0.25, 0.3) is 11.8 Å². The largest absolute Gasteiger partial charge is 0.491 e. The number of nitrogens with zero attached hydrogens (tertiary/aromatic N) is 5. The summed E-state index contributed by atoms with van der Waals surface area (Å²) in [6.07, 6.45) is 5.63.